The minimum Gasteiger partial charge on any atom is -0.497 e. The highest BCUT2D eigenvalue weighted by Crippen LogP contribution is 2.26. The van der Waals surface area contributed by atoms with Crippen LogP contribution in [-0.4, -0.2) is 33.9 Å². The third kappa shape index (κ3) is 3.69. The van der Waals surface area contributed by atoms with E-state index in [9.17, 15) is 14.4 Å². The zero-order valence-electron chi connectivity index (χ0n) is 16.7. The number of nitrogens with zero attached hydrogens (tertiary/aromatic N) is 4. The Labute approximate surface area is 172 Å². The number of hydrogen-bond acceptors (Lipinski definition) is 6. The van der Waals surface area contributed by atoms with Crippen molar-refractivity contribution in [1.29, 1.82) is 0 Å². The maximum atomic E-state index is 12.6. The van der Waals surface area contributed by atoms with Crippen LogP contribution in [0.25, 0.3) is 0 Å². The van der Waals surface area contributed by atoms with Crippen molar-refractivity contribution < 1.29 is 9.53 Å². The van der Waals surface area contributed by atoms with Crippen molar-refractivity contribution in [3.05, 3.63) is 74.8 Å². The highest BCUT2D eigenvalue weighted by molar-refractivity contribution is 5.90. The first-order valence-corrected chi connectivity index (χ1v) is 9.46. The molecule has 2 aromatic carbocycles. The van der Waals surface area contributed by atoms with Crippen LogP contribution in [0.1, 0.15) is 5.56 Å². The summed E-state index contributed by atoms with van der Waals surface area (Å²) in [6, 6.07) is 14.6. The number of carbonyl (C=O) groups is 1. The molecule has 9 heteroatoms. The van der Waals surface area contributed by atoms with Gasteiger partial charge in [0, 0.05) is 30.5 Å². The molecule has 1 N–H and O–H groups in total. The largest absolute Gasteiger partial charge is 0.497 e. The molecule has 0 aliphatic carbocycles. The topological polar surface area (TPSA) is 98.5 Å². The molecule has 4 rings (SSSR count). The minimum absolute atomic E-state index is 0.345. The molecule has 2 heterocycles. The molecule has 0 spiro atoms. The summed E-state index contributed by atoms with van der Waals surface area (Å²) in [6.45, 7) is 2.50. The fourth-order valence-corrected chi connectivity index (χ4v) is 3.34. The number of benzene rings is 2. The van der Waals surface area contributed by atoms with Crippen LogP contribution in [0.2, 0.25) is 0 Å². The average Bonchev–Trinajstić information content (AvgIpc) is 3.16. The van der Waals surface area contributed by atoms with E-state index in [4.69, 9.17) is 4.74 Å². The van der Waals surface area contributed by atoms with Gasteiger partial charge >= 0.3 is 11.1 Å². The summed E-state index contributed by atoms with van der Waals surface area (Å²) in [4.78, 5) is 39.3. The molecular weight excluding hydrogens is 386 g/mol. The normalized spacial score (nSPS) is 12.5. The standard InChI is InChI=1S/C21H21N5O4/c1-14-6-8-16(9-7-14)24-10-11-25-19(28)20(29)26(23-21(24)25)13-18(27)22-15-4-3-5-17(12-15)30-2/h3-9,12H,10-11,13H2,1-2H3,(H,22,27). The highest BCUT2D eigenvalue weighted by atomic mass is 16.5. The van der Waals surface area contributed by atoms with Crippen LogP contribution in [0, 0.1) is 6.92 Å². The van der Waals surface area contributed by atoms with Crippen LogP contribution in [-0.2, 0) is 17.9 Å². The third-order valence-corrected chi connectivity index (χ3v) is 4.90. The lowest BCUT2D eigenvalue weighted by molar-refractivity contribution is -0.117. The first-order chi connectivity index (χ1) is 14.5. The average molecular weight is 407 g/mol. The van der Waals surface area contributed by atoms with Crippen molar-refractivity contribution in [3.63, 3.8) is 0 Å². The molecule has 0 bridgehead atoms. The van der Waals surface area contributed by atoms with Crippen molar-refractivity contribution in [1.82, 2.24) is 14.3 Å². The number of nitrogens with one attached hydrogen (secondary N) is 1. The molecule has 0 saturated carbocycles. The van der Waals surface area contributed by atoms with Gasteiger partial charge in [0.25, 0.3) is 0 Å². The monoisotopic (exact) mass is 407 g/mol. The van der Waals surface area contributed by atoms with Gasteiger partial charge in [0.2, 0.25) is 11.9 Å². The fraction of sp³-hybridized carbons (Fsp3) is 0.238. The summed E-state index contributed by atoms with van der Waals surface area (Å²) in [5.74, 6) is 0.465. The zero-order chi connectivity index (χ0) is 21.3. The second-order valence-electron chi connectivity index (χ2n) is 6.99. The van der Waals surface area contributed by atoms with Crippen molar-refractivity contribution in [2.24, 2.45) is 0 Å². The molecular formula is C21H21N5O4. The van der Waals surface area contributed by atoms with Gasteiger partial charge in [-0.2, -0.15) is 0 Å². The molecule has 1 aliphatic rings. The van der Waals surface area contributed by atoms with E-state index in [1.807, 2.05) is 36.1 Å². The molecule has 1 aromatic heterocycles. The minimum atomic E-state index is -0.828. The molecule has 0 radical (unpaired) electrons. The molecule has 0 atom stereocenters. The van der Waals surface area contributed by atoms with Gasteiger partial charge in [-0.25, -0.2) is 4.68 Å². The van der Waals surface area contributed by atoms with Gasteiger partial charge in [0.05, 0.1) is 7.11 Å². The van der Waals surface area contributed by atoms with Gasteiger partial charge in [0.15, 0.2) is 0 Å². The van der Waals surface area contributed by atoms with E-state index in [2.05, 4.69) is 10.4 Å². The van der Waals surface area contributed by atoms with Gasteiger partial charge < -0.3 is 15.0 Å². The molecule has 0 unspecified atom stereocenters. The Morgan fingerprint density at radius 3 is 2.60 bits per heavy atom. The van der Waals surface area contributed by atoms with Crippen LogP contribution in [0.5, 0.6) is 5.75 Å². The number of amides is 1. The highest BCUT2D eigenvalue weighted by Gasteiger charge is 2.26. The lowest BCUT2D eigenvalue weighted by atomic mass is 10.2. The second kappa shape index (κ2) is 7.86. The van der Waals surface area contributed by atoms with Crippen LogP contribution in [0.3, 0.4) is 0 Å². The van der Waals surface area contributed by atoms with Crippen LogP contribution in [0.4, 0.5) is 17.3 Å². The van der Waals surface area contributed by atoms with Gasteiger partial charge in [-0.1, -0.05) is 23.8 Å². The van der Waals surface area contributed by atoms with E-state index < -0.39 is 17.0 Å². The Kier molecular flexibility index (Phi) is 5.09. The van der Waals surface area contributed by atoms with Crippen LogP contribution >= 0.6 is 0 Å². The van der Waals surface area contributed by atoms with Crippen LogP contribution < -0.4 is 26.1 Å². The second-order valence-corrected chi connectivity index (χ2v) is 6.99. The molecule has 0 saturated heterocycles. The Balaban J connectivity index is 1.61. The Hall–Kier alpha value is -3.88. The number of aryl methyl sites for hydroxylation is 1. The first-order valence-electron chi connectivity index (χ1n) is 9.46. The predicted molar refractivity (Wildman–Crippen MR) is 113 cm³/mol. The summed E-state index contributed by atoms with van der Waals surface area (Å²) >= 11 is 0. The zero-order valence-corrected chi connectivity index (χ0v) is 16.7. The lowest BCUT2D eigenvalue weighted by Gasteiger charge is -2.18. The van der Waals surface area contributed by atoms with Crippen molar-refractivity contribution in [2.75, 3.05) is 23.9 Å². The smallest absolute Gasteiger partial charge is 0.333 e. The molecule has 3 aromatic rings. The van der Waals surface area contributed by atoms with E-state index in [0.29, 0.717) is 30.5 Å². The van der Waals surface area contributed by atoms with Crippen molar-refractivity contribution >= 4 is 23.2 Å². The molecule has 9 nitrogen and oxygen atoms in total. The number of anilines is 3. The summed E-state index contributed by atoms with van der Waals surface area (Å²) < 4.78 is 7.39. The Morgan fingerprint density at radius 1 is 1.10 bits per heavy atom. The van der Waals surface area contributed by atoms with E-state index in [-0.39, 0.29) is 6.54 Å². The third-order valence-electron chi connectivity index (χ3n) is 4.90. The number of rotatable bonds is 5. The number of ether oxygens (including phenoxy) is 1. The Morgan fingerprint density at radius 2 is 1.87 bits per heavy atom. The van der Waals surface area contributed by atoms with Gasteiger partial charge in [0.1, 0.15) is 12.3 Å². The van der Waals surface area contributed by atoms with Gasteiger partial charge in [-0.3, -0.25) is 19.0 Å². The van der Waals surface area contributed by atoms with E-state index in [1.165, 1.54) is 11.7 Å². The number of fused-ring (bicyclic) bond motifs is 1. The predicted octanol–water partition coefficient (Wildman–Crippen LogP) is 1.51. The number of methoxy groups -OCH3 is 1. The molecule has 1 amide bonds. The first kappa shape index (κ1) is 19.4. The number of aromatic nitrogens is 3. The van der Waals surface area contributed by atoms with Crippen molar-refractivity contribution in [2.45, 2.75) is 20.0 Å². The summed E-state index contributed by atoms with van der Waals surface area (Å²) in [5, 5.41) is 7.00. The lowest BCUT2D eigenvalue weighted by Crippen LogP contribution is -2.44. The molecule has 30 heavy (non-hydrogen) atoms. The summed E-state index contributed by atoms with van der Waals surface area (Å²) in [7, 11) is 1.53. The van der Waals surface area contributed by atoms with Crippen LogP contribution in [0.15, 0.2) is 58.1 Å². The Bertz CT molecular complexity index is 1210. The summed E-state index contributed by atoms with van der Waals surface area (Å²) in [6.07, 6.45) is 0. The SMILES string of the molecule is COc1cccc(NC(=O)Cn2nc3n(c(=O)c2=O)CCN3c2ccc(C)cc2)c1. The van der Waals surface area contributed by atoms with E-state index in [1.54, 1.807) is 24.3 Å². The van der Waals surface area contributed by atoms with Gasteiger partial charge in [-0.15, -0.1) is 5.10 Å². The molecule has 0 fully saturated rings. The van der Waals surface area contributed by atoms with Crippen molar-refractivity contribution in [3.8, 4) is 5.75 Å². The number of carbonyl (C=O) groups excluding carboxylic acids is 1. The van der Waals surface area contributed by atoms with Gasteiger partial charge in [-0.05, 0) is 31.2 Å². The maximum Gasteiger partial charge on any atom is 0.333 e. The molecule has 1 aliphatic heterocycles. The van der Waals surface area contributed by atoms with E-state index in [0.717, 1.165) is 15.9 Å². The quantitative estimate of drug-likeness (QED) is 0.644. The summed E-state index contributed by atoms with van der Waals surface area (Å²) in [5.41, 5.74) is 0.980. The van der Waals surface area contributed by atoms with E-state index >= 15 is 0 Å². The number of hydrogen-bond donors (Lipinski definition) is 1. The molecule has 154 valence electrons. The maximum absolute atomic E-state index is 12.6. The fourth-order valence-electron chi connectivity index (χ4n) is 3.34.